The number of hydrogen-bond donors (Lipinski definition) is 2. The molecule has 0 radical (unpaired) electrons. The number of amides is 1. The second kappa shape index (κ2) is 8.67. The van der Waals surface area contributed by atoms with Gasteiger partial charge in [0.1, 0.15) is 6.17 Å². The molecule has 1 aliphatic carbocycles. The molecule has 0 aromatic heterocycles. The van der Waals surface area contributed by atoms with E-state index < -0.39 is 26.6 Å². The highest BCUT2D eigenvalue weighted by atomic mass is 28.4. The zero-order valence-electron chi connectivity index (χ0n) is 17.3. The molecule has 2 aromatic rings. The van der Waals surface area contributed by atoms with Crippen molar-refractivity contribution in [2.45, 2.75) is 63.4 Å². The van der Waals surface area contributed by atoms with E-state index in [4.69, 9.17) is 9.53 Å². The van der Waals surface area contributed by atoms with Crippen LogP contribution in [0.2, 0.25) is 5.04 Å². The lowest BCUT2D eigenvalue weighted by atomic mass is 9.91. The number of benzene rings is 2. The van der Waals surface area contributed by atoms with Crippen molar-refractivity contribution in [2.75, 3.05) is 0 Å². The SMILES string of the molecule is CC(C)(C)[Si](OC1CCC(NC(=O)O)C(F)C1)(c1ccccc1)c1ccccc1. The molecule has 1 aliphatic rings. The Labute approximate surface area is 173 Å². The third kappa shape index (κ3) is 4.54. The minimum absolute atomic E-state index is 0.169. The molecule has 156 valence electrons. The van der Waals surface area contributed by atoms with Crippen molar-refractivity contribution in [1.29, 1.82) is 0 Å². The Morgan fingerprint density at radius 2 is 1.55 bits per heavy atom. The van der Waals surface area contributed by atoms with Gasteiger partial charge >= 0.3 is 6.09 Å². The van der Waals surface area contributed by atoms with Crippen LogP contribution in [0.3, 0.4) is 0 Å². The Morgan fingerprint density at radius 1 is 1.03 bits per heavy atom. The normalized spacial score (nSPS) is 22.8. The van der Waals surface area contributed by atoms with Gasteiger partial charge in [-0.15, -0.1) is 0 Å². The number of rotatable bonds is 5. The molecule has 0 bridgehead atoms. The van der Waals surface area contributed by atoms with E-state index in [1.54, 1.807) is 0 Å². The van der Waals surface area contributed by atoms with Crippen LogP contribution in [-0.2, 0) is 4.43 Å². The number of halogens is 1. The minimum Gasteiger partial charge on any atom is -0.465 e. The van der Waals surface area contributed by atoms with Crippen LogP contribution in [0.15, 0.2) is 60.7 Å². The molecular weight excluding hydrogens is 385 g/mol. The molecule has 1 amide bonds. The minimum atomic E-state index is -2.72. The summed E-state index contributed by atoms with van der Waals surface area (Å²) in [5, 5.41) is 13.4. The summed E-state index contributed by atoms with van der Waals surface area (Å²) in [6.45, 7) is 6.59. The number of alkyl halides is 1. The molecule has 2 N–H and O–H groups in total. The molecule has 4 nitrogen and oxygen atoms in total. The summed E-state index contributed by atoms with van der Waals surface area (Å²) in [5.74, 6) is 0. The van der Waals surface area contributed by atoms with Gasteiger partial charge in [-0.05, 0) is 28.3 Å². The van der Waals surface area contributed by atoms with Crippen LogP contribution >= 0.6 is 0 Å². The van der Waals surface area contributed by atoms with Crippen molar-refractivity contribution in [3.63, 3.8) is 0 Å². The first-order chi connectivity index (χ1) is 13.7. The molecule has 3 atom stereocenters. The summed E-state index contributed by atoms with van der Waals surface area (Å²) in [4.78, 5) is 10.9. The molecule has 0 heterocycles. The van der Waals surface area contributed by atoms with E-state index in [0.717, 1.165) is 0 Å². The van der Waals surface area contributed by atoms with Gasteiger partial charge in [0.2, 0.25) is 0 Å². The van der Waals surface area contributed by atoms with Crippen molar-refractivity contribution >= 4 is 24.8 Å². The lowest BCUT2D eigenvalue weighted by Gasteiger charge is -2.46. The fraction of sp³-hybridized carbons (Fsp3) is 0.435. The van der Waals surface area contributed by atoms with Gasteiger partial charge in [-0.3, -0.25) is 0 Å². The summed E-state index contributed by atoms with van der Waals surface area (Å²) in [6, 6.07) is 19.9. The van der Waals surface area contributed by atoms with Crippen LogP contribution in [-0.4, -0.2) is 37.8 Å². The predicted octanol–water partition coefficient (Wildman–Crippen LogP) is 4.09. The Kier molecular flexibility index (Phi) is 6.44. The topological polar surface area (TPSA) is 58.6 Å². The second-order valence-corrected chi connectivity index (χ2v) is 13.0. The first-order valence-corrected chi connectivity index (χ1v) is 12.1. The van der Waals surface area contributed by atoms with Crippen LogP contribution in [0.5, 0.6) is 0 Å². The van der Waals surface area contributed by atoms with E-state index in [-0.39, 0.29) is 17.6 Å². The highest BCUT2D eigenvalue weighted by molar-refractivity contribution is 6.99. The smallest absolute Gasteiger partial charge is 0.404 e. The van der Waals surface area contributed by atoms with Gasteiger partial charge in [-0.1, -0.05) is 81.4 Å². The summed E-state index contributed by atoms with van der Waals surface area (Å²) >= 11 is 0. The molecule has 3 rings (SSSR count). The lowest BCUT2D eigenvalue weighted by Crippen LogP contribution is -2.68. The zero-order valence-corrected chi connectivity index (χ0v) is 18.3. The van der Waals surface area contributed by atoms with Gasteiger partial charge in [-0.25, -0.2) is 9.18 Å². The van der Waals surface area contributed by atoms with E-state index in [1.165, 1.54) is 10.4 Å². The number of nitrogens with one attached hydrogen (secondary N) is 1. The molecule has 3 unspecified atom stereocenters. The summed E-state index contributed by atoms with van der Waals surface area (Å²) < 4.78 is 21.7. The Bertz CT molecular complexity index is 770. The van der Waals surface area contributed by atoms with Crippen molar-refractivity contribution < 1.29 is 18.7 Å². The average Bonchev–Trinajstić information content (AvgIpc) is 2.68. The first kappa shape index (κ1) is 21.5. The quantitative estimate of drug-likeness (QED) is 0.723. The van der Waals surface area contributed by atoms with E-state index in [2.05, 4.69) is 50.4 Å². The lowest BCUT2D eigenvalue weighted by molar-refractivity contribution is 0.0709. The number of carboxylic acid groups (broad SMARTS) is 1. The third-order valence-electron chi connectivity index (χ3n) is 5.79. The number of hydrogen-bond acceptors (Lipinski definition) is 2. The second-order valence-electron chi connectivity index (χ2n) is 8.79. The third-order valence-corrected chi connectivity index (χ3v) is 10.9. The first-order valence-electron chi connectivity index (χ1n) is 10.2. The molecule has 1 saturated carbocycles. The van der Waals surface area contributed by atoms with Gasteiger partial charge in [0.25, 0.3) is 8.32 Å². The monoisotopic (exact) mass is 415 g/mol. The highest BCUT2D eigenvalue weighted by Gasteiger charge is 2.52. The molecule has 0 saturated heterocycles. The van der Waals surface area contributed by atoms with Gasteiger partial charge in [0.05, 0.1) is 6.04 Å². The van der Waals surface area contributed by atoms with Crippen molar-refractivity contribution in [1.82, 2.24) is 5.32 Å². The van der Waals surface area contributed by atoms with Crippen molar-refractivity contribution in [2.24, 2.45) is 0 Å². The molecule has 6 heteroatoms. The fourth-order valence-corrected chi connectivity index (χ4v) is 9.18. The van der Waals surface area contributed by atoms with E-state index in [9.17, 15) is 9.18 Å². The van der Waals surface area contributed by atoms with Gasteiger partial charge in [0, 0.05) is 12.5 Å². The molecule has 2 aromatic carbocycles. The standard InChI is InChI=1S/C23H30FNO3Si/c1-23(2,3)29(18-10-6-4-7-11-18,19-12-8-5-9-13-19)28-17-14-15-21(20(24)16-17)25-22(26)27/h4-13,17,20-21,25H,14-16H2,1-3H3,(H,26,27). The zero-order chi connectivity index (χ0) is 21.1. The summed E-state index contributed by atoms with van der Waals surface area (Å²) in [5.41, 5.74) is 0. The fourth-order valence-electron chi connectivity index (χ4n) is 4.45. The largest absolute Gasteiger partial charge is 0.465 e. The van der Waals surface area contributed by atoms with Crippen LogP contribution in [0.4, 0.5) is 9.18 Å². The van der Waals surface area contributed by atoms with Crippen LogP contribution in [0.25, 0.3) is 0 Å². The summed E-state index contributed by atoms with van der Waals surface area (Å²) in [6.07, 6.45) is -1.39. The molecule has 1 fully saturated rings. The Balaban J connectivity index is 1.98. The van der Waals surface area contributed by atoms with Crippen LogP contribution in [0.1, 0.15) is 40.0 Å². The molecule has 0 aliphatic heterocycles. The van der Waals surface area contributed by atoms with Gasteiger partial charge in [-0.2, -0.15) is 0 Å². The van der Waals surface area contributed by atoms with Gasteiger partial charge in [0.15, 0.2) is 0 Å². The van der Waals surface area contributed by atoms with Crippen LogP contribution < -0.4 is 15.7 Å². The molecular formula is C23H30FNO3Si. The van der Waals surface area contributed by atoms with Crippen LogP contribution in [0, 0.1) is 0 Å². The van der Waals surface area contributed by atoms with E-state index in [0.29, 0.717) is 12.8 Å². The number of carbonyl (C=O) groups is 1. The molecule has 29 heavy (non-hydrogen) atoms. The Morgan fingerprint density at radius 3 is 1.97 bits per heavy atom. The maximum Gasteiger partial charge on any atom is 0.404 e. The van der Waals surface area contributed by atoms with Crippen molar-refractivity contribution in [3.8, 4) is 0 Å². The van der Waals surface area contributed by atoms with Crippen molar-refractivity contribution in [3.05, 3.63) is 60.7 Å². The van der Waals surface area contributed by atoms with E-state index in [1.807, 2.05) is 36.4 Å². The van der Waals surface area contributed by atoms with E-state index >= 15 is 0 Å². The highest BCUT2D eigenvalue weighted by Crippen LogP contribution is 2.39. The maximum atomic E-state index is 14.7. The summed E-state index contributed by atoms with van der Waals surface area (Å²) in [7, 11) is -2.72. The average molecular weight is 416 g/mol. The molecule has 0 spiro atoms. The Hall–Kier alpha value is -2.18. The maximum absolute atomic E-state index is 14.7. The van der Waals surface area contributed by atoms with Gasteiger partial charge < -0.3 is 14.8 Å². The predicted molar refractivity (Wildman–Crippen MR) is 116 cm³/mol.